The number of aliphatic hydroxyl groups excluding tert-OH is 1. The number of nitriles is 1. The van der Waals surface area contributed by atoms with E-state index in [0.29, 0.717) is 19.4 Å². The molecule has 2 rings (SSSR count). The first-order chi connectivity index (χ1) is 10.0. The lowest BCUT2D eigenvalue weighted by atomic mass is 10.1. The van der Waals surface area contributed by atoms with Gasteiger partial charge < -0.3 is 5.11 Å². The Morgan fingerprint density at radius 2 is 2.24 bits per heavy atom. The van der Waals surface area contributed by atoms with Crippen LogP contribution in [-0.2, 0) is 10.0 Å². The Hall–Kier alpha value is -1.49. The molecule has 0 spiro atoms. The molecule has 0 bridgehead atoms. The summed E-state index contributed by atoms with van der Waals surface area (Å²) < 4.78 is 40.0. The van der Waals surface area contributed by atoms with E-state index in [-0.39, 0.29) is 23.1 Å². The Morgan fingerprint density at radius 1 is 1.48 bits per heavy atom. The van der Waals surface area contributed by atoms with Crippen molar-refractivity contribution in [3.63, 3.8) is 0 Å². The third kappa shape index (κ3) is 3.23. The number of nitrogens with zero attached hydrogens (tertiary/aromatic N) is 2. The van der Waals surface area contributed by atoms with Crippen LogP contribution in [0.4, 0.5) is 4.39 Å². The Bertz CT molecular complexity index is 655. The number of hydrogen-bond donors (Lipinski definition) is 1. The Kier molecular flexibility index (Phi) is 4.93. The van der Waals surface area contributed by atoms with Crippen LogP contribution in [-0.4, -0.2) is 37.0 Å². The second-order valence-electron chi connectivity index (χ2n) is 5.03. The Balaban J connectivity index is 2.31. The van der Waals surface area contributed by atoms with Crippen molar-refractivity contribution in [1.29, 1.82) is 5.26 Å². The fourth-order valence-corrected chi connectivity index (χ4v) is 4.38. The third-order valence-electron chi connectivity index (χ3n) is 3.68. The summed E-state index contributed by atoms with van der Waals surface area (Å²) in [5, 5.41) is 17.7. The molecule has 1 saturated heterocycles. The minimum atomic E-state index is -3.73. The molecule has 0 amide bonds. The average molecular weight is 312 g/mol. The quantitative estimate of drug-likeness (QED) is 0.896. The van der Waals surface area contributed by atoms with Crippen molar-refractivity contribution < 1.29 is 17.9 Å². The lowest BCUT2D eigenvalue weighted by molar-refractivity contribution is 0.264. The maximum atomic E-state index is 13.3. The van der Waals surface area contributed by atoms with E-state index in [4.69, 9.17) is 10.4 Å². The van der Waals surface area contributed by atoms with Crippen molar-refractivity contribution >= 4 is 10.0 Å². The first kappa shape index (κ1) is 15.9. The normalized spacial score (nSPS) is 19.6. The van der Waals surface area contributed by atoms with Gasteiger partial charge in [0, 0.05) is 19.2 Å². The first-order valence-corrected chi connectivity index (χ1v) is 8.27. The van der Waals surface area contributed by atoms with Gasteiger partial charge in [0.2, 0.25) is 10.0 Å². The van der Waals surface area contributed by atoms with Crippen molar-refractivity contribution in [2.45, 2.75) is 36.6 Å². The monoisotopic (exact) mass is 312 g/mol. The van der Waals surface area contributed by atoms with Gasteiger partial charge in [-0.05, 0) is 43.9 Å². The summed E-state index contributed by atoms with van der Waals surface area (Å²) in [6.45, 7) is 0.442. The fourth-order valence-electron chi connectivity index (χ4n) is 2.63. The predicted octanol–water partition coefficient (Wildman–Crippen LogP) is 1.62. The summed E-state index contributed by atoms with van der Waals surface area (Å²) in [6, 6.07) is 4.78. The van der Waals surface area contributed by atoms with Gasteiger partial charge >= 0.3 is 0 Å². The molecule has 1 aromatic rings. The highest BCUT2D eigenvalue weighted by Gasteiger charge is 2.35. The molecule has 0 saturated carbocycles. The molecule has 21 heavy (non-hydrogen) atoms. The average Bonchev–Trinajstić information content (AvgIpc) is 2.94. The summed E-state index contributed by atoms with van der Waals surface area (Å²) in [5.74, 6) is -0.727. The summed E-state index contributed by atoms with van der Waals surface area (Å²) in [4.78, 5) is -0.0589. The number of halogens is 1. The van der Waals surface area contributed by atoms with E-state index < -0.39 is 15.8 Å². The third-order valence-corrected chi connectivity index (χ3v) is 5.63. The van der Waals surface area contributed by atoms with E-state index in [0.717, 1.165) is 25.0 Å². The highest BCUT2D eigenvalue weighted by atomic mass is 32.2. The van der Waals surface area contributed by atoms with Gasteiger partial charge in [-0.1, -0.05) is 0 Å². The number of hydrogen-bond acceptors (Lipinski definition) is 4. The summed E-state index contributed by atoms with van der Waals surface area (Å²) >= 11 is 0. The standard InChI is InChI=1S/C14H17FN2O3S/c15-14-6-5-13(9-11(14)10-16)21(19,20)17-7-1-3-12(17)4-2-8-18/h5-6,9,12,18H,1-4,7-8H2. The van der Waals surface area contributed by atoms with E-state index in [9.17, 15) is 12.8 Å². The van der Waals surface area contributed by atoms with Crippen LogP contribution in [0.15, 0.2) is 23.1 Å². The van der Waals surface area contributed by atoms with Crippen LogP contribution in [0.3, 0.4) is 0 Å². The smallest absolute Gasteiger partial charge is 0.243 e. The van der Waals surface area contributed by atoms with Crippen LogP contribution < -0.4 is 0 Å². The zero-order valence-corrected chi connectivity index (χ0v) is 12.3. The molecule has 1 atom stereocenters. The van der Waals surface area contributed by atoms with Crippen molar-refractivity contribution in [2.24, 2.45) is 0 Å². The highest BCUT2D eigenvalue weighted by Crippen LogP contribution is 2.29. The fraction of sp³-hybridized carbons (Fsp3) is 0.500. The van der Waals surface area contributed by atoms with E-state index in [1.54, 1.807) is 6.07 Å². The van der Waals surface area contributed by atoms with E-state index in [2.05, 4.69) is 0 Å². The molecule has 1 aliphatic rings. The molecular formula is C14H17FN2O3S. The van der Waals surface area contributed by atoms with Crippen LogP contribution in [0.2, 0.25) is 0 Å². The highest BCUT2D eigenvalue weighted by molar-refractivity contribution is 7.89. The van der Waals surface area contributed by atoms with Gasteiger partial charge in [-0.2, -0.15) is 9.57 Å². The second-order valence-corrected chi connectivity index (χ2v) is 6.92. The molecule has 1 N–H and O–H groups in total. The van der Waals surface area contributed by atoms with Crippen LogP contribution in [0.1, 0.15) is 31.2 Å². The maximum absolute atomic E-state index is 13.3. The van der Waals surface area contributed by atoms with Crippen LogP contribution in [0.5, 0.6) is 0 Å². The number of benzene rings is 1. The predicted molar refractivity (Wildman–Crippen MR) is 74.3 cm³/mol. The molecular weight excluding hydrogens is 295 g/mol. The molecule has 114 valence electrons. The largest absolute Gasteiger partial charge is 0.396 e. The first-order valence-electron chi connectivity index (χ1n) is 6.83. The Morgan fingerprint density at radius 3 is 2.90 bits per heavy atom. The van der Waals surface area contributed by atoms with Gasteiger partial charge in [0.05, 0.1) is 10.5 Å². The lowest BCUT2D eigenvalue weighted by Crippen LogP contribution is -2.35. The second kappa shape index (κ2) is 6.52. The van der Waals surface area contributed by atoms with E-state index in [1.165, 1.54) is 10.4 Å². The van der Waals surface area contributed by atoms with Gasteiger partial charge in [0.25, 0.3) is 0 Å². The topological polar surface area (TPSA) is 81.4 Å². The summed E-state index contributed by atoms with van der Waals surface area (Å²) in [6.07, 6.45) is 2.67. The van der Waals surface area contributed by atoms with Crippen LogP contribution in [0, 0.1) is 17.1 Å². The van der Waals surface area contributed by atoms with Crippen molar-refractivity contribution in [1.82, 2.24) is 4.31 Å². The van der Waals surface area contributed by atoms with E-state index in [1.807, 2.05) is 0 Å². The zero-order chi connectivity index (χ0) is 15.5. The van der Waals surface area contributed by atoms with Gasteiger partial charge in [-0.15, -0.1) is 0 Å². The maximum Gasteiger partial charge on any atom is 0.243 e. The zero-order valence-electron chi connectivity index (χ0n) is 11.5. The molecule has 1 unspecified atom stereocenters. The SMILES string of the molecule is N#Cc1cc(S(=O)(=O)N2CCCC2CCCO)ccc1F. The molecule has 0 aliphatic carbocycles. The van der Waals surface area contributed by atoms with Crippen molar-refractivity contribution in [2.75, 3.05) is 13.2 Å². The molecule has 1 aromatic carbocycles. The van der Waals surface area contributed by atoms with Crippen LogP contribution >= 0.6 is 0 Å². The minimum Gasteiger partial charge on any atom is -0.396 e. The number of rotatable bonds is 5. The van der Waals surface area contributed by atoms with E-state index >= 15 is 0 Å². The molecule has 7 heteroatoms. The van der Waals surface area contributed by atoms with Gasteiger partial charge in [0.15, 0.2) is 0 Å². The number of aliphatic hydroxyl groups is 1. The van der Waals surface area contributed by atoms with Crippen molar-refractivity contribution in [3.8, 4) is 6.07 Å². The number of sulfonamides is 1. The Labute approximate surface area is 123 Å². The van der Waals surface area contributed by atoms with Gasteiger partial charge in [-0.3, -0.25) is 0 Å². The minimum absolute atomic E-state index is 0.0273. The molecule has 0 aromatic heterocycles. The van der Waals surface area contributed by atoms with Gasteiger partial charge in [0.1, 0.15) is 11.9 Å². The molecule has 0 radical (unpaired) electrons. The lowest BCUT2D eigenvalue weighted by Gasteiger charge is -2.24. The molecule has 1 fully saturated rings. The summed E-state index contributed by atoms with van der Waals surface area (Å²) in [5.41, 5.74) is -0.276. The van der Waals surface area contributed by atoms with Gasteiger partial charge in [-0.25, -0.2) is 12.8 Å². The molecule has 1 heterocycles. The summed E-state index contributed by atoms with van der Waals surface area (Å²) in [7, 11) is -3.73. The molecule has 1 aliphatic heterocycles. The molecule has 5 nitrogen and oxygen atoms in total. The van der Waals surface area contributed by atoms with Crippen LogP contribution in [0.25, 0.3) is 0 Å². The van der Waals surface area contributed by atoms with Crippen molar-refractivity contribution in [3.05, 3.63) is 29.6 Å².